The molecular formula is C19H37IN4O3S. The first-order valence-corrected chi connectivity index (χ1v) is 12.3. The number of nitrogens with one attached hydrogen (secondary N) is 3. The van der Waals surface area contributed by atoms with Crippen LogP contribution < -0.4 is 15.4 Å². The van der Waals surface area contributed by atoms with Gasteiger partial charge in [-0.15, -0.1) is 24.0 Å². The Morgan fingerprint density at radius 2 is 1.96 bits per heavy atom. The van der Waals surface area contributed by atoms with Crippen LogP contribution in [0, 0.1) is 11.3 Å². The summed E-state index contributed by atoms with van der Waals surface area (Å²) in [6.07, 6.45) is 8.53. The lowest BCUT2D eigenvalue weighted by atomic mass is 9.51. The van der Waals surface area contributed by atoms with Crippen LogP contribution in [0.3, 0.4) is 0 Å². The maximum absolute atomic E-state index is 12.1. The summed E-state index contributed by atoms with van der Waals surface area (Å²) in [4.78, 5) is 4.51. The van der Waals surface area contributed by atoms with Crippen LogP contribution in [-0.4, -0.2) is 58.5 Å². The van der Waals surface area contributed by atoms with Crippen LogP contribution in [-0.2, 0) is 14.8 Å². The van der Waals surface area contributed by atoms with Crippen molar-refractivity contribution in [2.45, 2.75) is 70.9 Å². The van der Waals surface area contributed by atoms with Gasteiger partial charge in [-0.2, -0.15) is 0 Å². The molecule has 0 heterocycles. The molecule has 3 fully saturated rings. The van der Waals surface area contributed by atoms with Crippen LogP contribution in [0.4, 0.5) is 0 Å². The Labute approximate surface area is 187 Å². The van der Waals surface area contributed by atoms with Crippen molar-refractivity contribution in [1.29, 1.82) is 0 Å². The van der Waals surface area contributed by atoms with Gasteiger partial charge < -0.3 is 15.4 Å². The molecule has 2 unspecified atom stereocenters. The fourth-order valence-corrected chi connectivity index (χ4v) is 5.38. The molecule has 1 spiro atoms. The van der Waals surface area contributed by atoms with Crippen molar-refractivity contribution in [3.63, 3.8) is 0 Å². The van der Waals surface area contributed by atoms with Crippen molar-refractivity contribution in [3.8, 4) is 0 Å². The van der Waals surface area contributed by atoms with E-state index in [1.807, 2.05) is 6.92 Å². The third kappa shape index (κ3) is 5.72. The van der Waals surface area contributed by atoms with Crippen LogP contribution in [0.5, 0.6) is 0 Å². The Bertz CT molecular complexity index is 621. The quantitative estimate of drug-likeness (QED) is 0.230. The summed E-state index contributed by atoms with van der Waals surface area (Å²) in [6.45, 7) is 6.44. The number of nitrogens with zero attached hydrogens (tertiary/aromatic N) is 1. The first-order chi connectivity index (χ1) is 13.0. The second kappa shape index (κ2) is 10.8. The molecule has 0 amide bonds. The summed E-state index contributed by atoms with van der Waals surface area (Å²) in [5, 5.41) is 6.79. The van der Waals surface area contributed by atoms with Crippen molar-refractivity contribution in [3.05, 3.63) is 0 Å². The molecule has 3 rings (SSSR count). The molecule has 0 aliphatic heterocycles. The molecule has 7 nitrogen and oxygen atoms in total. The molecule has 9 heteroatoms. The van der Waals surface area contributed by atoms with Crippen molar-refractivity contribution in [2.24, 2.45) is 16.3 Å². The summed E-state index contributed by atoms with van der Waals surface area (Å²) in [5.41, 5.74) is 0.253. The molecule has 3 saturated carbocycles. The van der Waals surface area contributed by atoms with Gasteiger partial charge in [-0.1, -0.05) is 12.8 Å². The molecule has 0 aromatic rings. The number of hydrogen-bond donors (Lipinski definition) is 3. The molecule has 0 saturated heterocycles. The summed E-state index contributed by atoms with van der Waals surface area (Å²) in [5.74, 6) is 1.28. The molecular weight excluding hydrogens is 491 g/mol. The normalized spacial score (nSPS) is 26.6. The molecule has 0 bridgehead atoms. The van der Waals surface area contributed by atoms with E-state index < -0.39 is 10.0 Å². The Kier molecular flexibility index (Phi) is 9.28. The first kappa shape index (κ1) is 24.1. The SMILES string of the molecule is CCNC(=NCCS(=O)(=O)NCC1CCC1)NC1CC(OCC)C12CCC2.I. The zero-order valence-electron chi connectivity index (χ0n) is 17.2. The van der Waals surface area contributed by atoms with E-state index in [-0.39, 0.29) is 41.7 Å². The van der Waals surface area contributed by atoms with Crippen LogP contribution in [0.25, 0.3) is 0 Å². The van der Waals surface area contributed by atoms with E-state index in [1.165, 1.54) is 25.7 Å². The zero-order chi connectivity index (χ0) is 19.3. The van der Waals surface area contributed by atoms with Crippen molar-refractivity contribution in [1.82, 2.24) is 15.4 Å². The van der Waals surface area contributed by atoms with Crippen molar-refractivity contribution in [2.75, 3.05) is 32.0 Å². The third-order valence-electron chi connectivity index (χ3n) is 6.54. The molecule has 0 radical (unpaired) electrons. The number of halogens is 1. The van der Waals surface area contributed by atoms with Gasteiger partial charge in [-0.3, -0.25) is 4.99 Å². The third-order valence-corrected chi connectivity index (χ3v) is 7.87. The first-order valence-electron chi connectivity index (χ1n) is 10.6. The van der Waals surface area contributed by atoms with Crippen LogP contribution >= 0.6 is 24.0 Å². The van der Waals surface area contributed by atoms with E-state index in [0.29, 0.717) is 24.6 Å². The molecule has 3 aliphatic carbocycles. The topological polar surface area (TPSA) is 91.8 Å². The fourth-order valence-electron chi connectivity index (χ4n) is 4.42. The number of ether oxygens (including phenoxy) is 1. The number of sulfonamides is 1. The second-order valence-corrected chi connectivity index (χ2v) is 10.1. The van der Waals surface area contributed by atoms with Crippen LogP contribution in [0.1, 0.15) is 58.8 Å². The van der Waals surface area contributed by atoms with E-state index >= 15 is 0 Å². The number of hydrogen-bond acceptors (Lipinski definition) is 4. The Balaban J connectivity index is 0.00000280. The smallest absolute Gasteiger partial charge is 0.213 e. The molecule has 2 atom stereocenters. The van der Waals surface area contributed by atoms with Crippen LogP contribution in [0.2, 0.25) is 0 Å². The predicted octanol–water partition coefficient (Wildman–Crippen LogP) is 2.23. The largest absolute Gasteiger partial charge is 0.378 e. The van der Waals surface area contributed by atoms with Gasteiger partial charge in [0, 0.05) is 31.2 Å². The van der Waals surface area contributed by atoms with Gasteiger partial charge in [0.25, 0.3) is 0 Å². The fraction of sp³-hybridized carbons (Fsp3) is 0.947. The predicted molar refractivity (Wildman–Crippen MR) is 124 cm³/mol. The van der Waals surface area contributed by atoms with Crippen LogP contribution in [0.15, 0.2) is 4.99 Å². The lowest BCUT2D eigenvalue weighted by Gasteiger charge is -2.61. The minimum Gasteiger partial charge on any atom is -0.378 e. The average Bonchev–Trinajstić information content (AvgIpc) is 2.50. The minimum absolute atomic E-state index is 0. The van der Waals surface area contributed by atoms with Gasteiger partial charge in [-0.05, 0) is 51.9 Å². The van der Waals surface area contributed by atoms with E-state index in [9.17, 15) is 8.42 Å². The highest BCUT2D eigenvalue weighted by molar-refractivity contribution is 14.0. The summed E-state index contributed by atoms with van der Waals surface area (Å²) in [7, 11) is -3.25. The summed E-state index contributed by atoms with van der Waals surface area (Å²) >= 11 is 0. The summed E-state index contributed by atoms with van der Waals surface area (Å²) < 4.78 is 32.9. The molecule has 0 aromatic carbocycles. The maximum Gasteiger partial charge on any atom is 0.213 e. The van der Waals surface area contributed by atoms with Gasteiger partial charge in [0.2, 0.25) is 10.0 Å². The van der Waals surface area contributed by atoms with Gasteiger partial charge >= 0.3 is 0 Å². The lowest BCUT2D eigenvalue weighted by molar-refractivity contribution is -0.168. The van der Waals surface area contributed by atoms with Gasteiger partial charge in [0.1, 0.15) is 0 Å². The van der Waals surface area contributed by atoms with E-state index in [4.69, 9.17) is 4.74 Å². The van der Waals surface area contributed by atoms with E-state index in [2.05, 4.69) is 27.3 Å². The monoisotopic (exact) mass is 528 g/mol. The molecule has 28 heavy (non-hydrogen) atoms. The Hall–Kier alpha value is -0.130. The van der Waals surface area contributed by atoms with E-state index in [0.717, 1.165) is 38.4 Å². The standard InChI is InChI=1S/C19H36N4O3S.HI/c1-3-20-18(21-11-12-27(24,25)22-14-15-7-5-8-15)23-16-13-17(26-4-2)19(16)9-6-10-19;/h15-17,22H,3-14H2,1-2H3,(H2,20,21,23);1H. The van der Waals surface area contributed by atoms with Gasteiger partial charge in [0.05, 0.1) is 18.4 Å². The summed E-state index contributed by atoms with van der Waals surface area (Å²) in [6, 6.07) is 0.369. The molecule has 3 N–H and O–H groups in total. The Morgan fingerprint density at radius 3 is 2.50 bits per heavy atom. The zero-order valence-corrected chi connectivity index (χ0v) is 20.4. The minimum atomic E-state index is -3.25. The highest BCUT2D eigenvalue weighted by Crippen LogP contribution is 2.57. The molecule has 164 valence electrons. The van der Waals surface area contributed by atoms with Crippen molar-refractivity contribution < 1.29 is 13.2 Å². The van der Waals surface area contributed by atoms with Gasteiger partial charge in [0.15, 0.2) is 5.96 Å². The molecule has 3 aliphatic rings. The second-order valence-electron chi connectivity index (χ2n) is 8.19. The Morgan fingerprint density at radius 1 is 1.21 bits per heavy atom. The molecule has 0 aromatic heterocycles. The highest BCUT2D eigenvalue weighted by atomic mass is 127. The number of guanidine groups is 1. The van der Waals surface area contributed by atoms with E-state index in [1.54, 1.807) is 0 Å². The average molecular weight is 529 g/mol. The highest BCUT2D eigenvalue weighted by Gasteiger charge is 2.59. The maximum atomic E-state index is 12.1. The number of aliphatic imine (C=N–C) groups is 1. The lowest BCUT2D eigenvalue weighted by Crippen LogP contribution is -2.68. The van der Waals surface area contributed by atoms with Gasteiger partial charge in [-0.25, -0.2) is 13.1 Å². The van der Waals surface area contributed by atoms with Crippen molar-refractivity contribution >= 4 is 40.0 Å². The number of rotatable bonds is 10.